The fourth-order valence-corrected chi connectivity index (χ4v) is 0.826. The van der Waals surface area contributed by atoms with Crippen LogP contribution in [0.4, 0.5) is 0 Å². The average Bonchev–Trinajstić information content (AvgIpc) is 2.15. The highest BCUT2D eigenvalue weighted by atomic mass is 16.5. The number of hydrogen-bond acceptors (Lipinski definition) is 3. The van der Waals surface area contributed by atoms with Crippen LogP contribution in [0.15, 0.2) is 24.3 Å². The SMILES string of the molecule is C=C(C)C(=O)OCCN(C)C(=O)C(=C)C. The van der Waals surface area contributed by atoms with Crippen molar-refractivity contribution in [3.05, 3.63) is 24.3 Å². The number of ether oxygens (including phenoxy) is 1. The molecule has 0 aliphatic carbocycles. The van der Waals surface area contributed by atoms with Crippen LogP contribution < -0.4 is 0 Å². The zero-order valence-corrected chi connectivity index (χ0v) is 9.50. The molecule has 0 saturated carbocycles. The Balaban J connectivity index is 3.87. The molecule has 84 valence electrons. The molecule has 0 radical (unpaired) electrons. The minimum Gasteiger partial charge on any atom is -0.460 e. The van der Waals surface area contributed by atoms with E-state index in [2.05, 4.69) is 13.2 Å². The fraction of sp³-hybridized carbons (Fsp3) is 0.455. The van der Waals surface area contributed by atoms with Crippen LogP contribution in [0.25, 0.3) is 0 Å². The van der Waals surface area contributed by atoms with E-state index in [1.54, 1.807) is 20.9 Å². The van der Waals surface area contributed by atoms with Crippen LogP contribution in [0.2, 0.25) is 0 Å². The first-order chi connectivity index (χ1) is 6.86. The van der Waals surface area contributed by atoms with Gasteiger partial charge in [0.1, 0.15) is 6.61 Å². The summed E-state index contributed by atoms with van der Waals surface area (Å²) < 4.78 is 4.84. The summed E-state index contributed by atoms with van der Waals surface area (Å²) in [5, 5.41) is 0. The number of amides is 1. The van der Waals surface area contributed by atoms with Crippen molar-refractivity contribution in [2.24, 2.45) is 0 Å². The third-order valence-corrected chi connectivity index (χ3v) is 1.72. The summed E-state index contributed by atoms with van der Waals surface area (Å²) in [5.41, 5.74) is 0.813. The number of carbonyl (C=O) groups excluding carboxylic acids is 2. The molecule has 1 amide bonds. The average molecular weight is 211 g/mol. The second kappa shape index (κ2) is 6.01. The zero-order chi connectivity index (χ0) is 12.0. The summed E-state index contributed by atoms with van der Waals surface area (Å²) in [6, 6.07) is 0. The first kappa shape index (κ1) is 13.4. The van der Waals surface area contributed by atoms with Crippen molar-refractivity contribution in [1.29, 1.82) is 0 Å². The molecule has 0 fully saturated rings. The lowest BCUT2D eigenvalue weighted by atomic mass is 10.3. The van der Waals surface area contributed by atoms with Crippen LogP contribution >= 0.6 is 0 Å². The standard InChI is InChI=1S/C11H17NO3/c1-8(2)10(13)12(5)6-7-15-11(14)9(3)4/h1,3,6-7H2,2,4-5H3. The first-order valence-electron chi connectivity index (χ1n) is 4.60. The second-order valence-electron chi connectivity index (χ2n) is 3.42. The Bertz CT molecular complexity index is 294. The molecule has 4 nitrogen and oxygen atoms in total. The molecule has 0 aromatic carbocycles. The van der Waals surface area contributed by atoms with E-state index in [1.807, 2.05) is 0 Å². The van der Waals surface area contributed by atoms with Gasteiger partial charge in [0.2, 0.25) is 5.91 Å². The van der Waals surface area contributed by atoms with Crippen LogP contribution in [-0.2, 0) is 14.3 Å². The van der Waals surface area contributed by atoms with Crippen molar-refractivity contribution < 1.29 is 14.3 Å². The van der Waals surface area contributed by atoms with Gasteiger partial charge in [0, 0.05) is 18.2 Å². The van der Waals surface area contributed by atoms with Crippen LogP contribution in [0, 0.1) is 0 Å². The molecular formula is C11H17NO3. The number of likely N-dealkylation sites (N-methyl/N-ethyl adjacent to an activating group) is 1. The Morgan fingerprint density at radius 3 is 2.13 bits per heavy atom. The van der Waals surface area contributed by atoms with Gasteiger partial charge >= 0.3 is 5.97 Å². The van der Waals surface area contributed by atoms with E-state index < -0.39 is 5.97 Å². The molecular weight excluding hydrogens is 194 g/mol. The maximum absolute atomic E-state index is 11.3. The predicted octanol–water partition coefficient (Wildman–Crippen LogP) is 1.14. The Morgan fingerprint density at radius 2 is 1.73 bits per heavy atom. The van der Waals surface area contributed by atoms with Gasteiger partial charge in [-0.2, -0.15) is 0 Å². The molecule has 0 heterocycles. The lowest BCUT2D eigenvalue weighted by molar-refractivity contribution is -0.140. The molecule has 0 aliphatic rings. The number of rotatable bonds is 5. The molecule has 0 aromatic heterocycles. The van der Waals surface area contributed by atoms with E-state index in [-0.39, 0.29) is 12.5 Å². The van der Waals surface area contributed by atoms with Gasteiger partial charge in [-0.25, -0.2) is 4.79 Å². The Labute approximate surface area is 90.2 Å². The third kappa shape index (κ3) is 5.00. The van der Waals surface area contributed by atoms with E-state index in [0.717, 1.165) is 0 Å². The molecule has 4 heteroatoms. The highest BCUT2D eigenvalue weighted by Gasteiger charge is 2.09. The maximum atomic E-state index is 11.3. The zero-order valence-electron chi connectivity index (χ0n) is 9.50. The maximum Gasteiger partial charge on any atom is 0.333 e. The van der Waals surface area contributed by atoms with E-state index in [4.69, 9.17) is 4.74 Å². The molecule has 0 unspecified atom stereocenters. The first-order valence-corrected chi connectivity index (χ1v) is 4.60. The smallest absolute Gasteiger partial charge is 0.333 e. The molecule has 0 aliphatic heterocycles. The minimum atomic E-state index is -0.439. The summed E-state index contributed by atoms with van der Waals surface area (Å²) in [5.74, 6) is -0.590. The summed E-state index contributed by atoms with van der Waals surface area (Å²) in [6.45, 7) is 10.7. The molecule has 0 saturated heterocycles. The fourth-order valence-electron chi connectivity index (χ4n) is 0.826. The van der Waals surface area contributed by atoms with E-state index in [9.17, 15) is 9.59 Å². The van der Waals surface area contributed by atoms with Crippen molar-refractivity contribution >= 4 is 11.9 Å². The summed E-state index contributed by atoms with van der Waals surface area (Å²) in [7, 11) is 1.63. The van der Waals surface area contributed by atoms with Gasteiger partial charge in [0.05, 0.1) is 6.54 Å². The van der Waals surface area contributed by atoms with E-state index >= 15 is 0 Å². The van der Waals surface area contributed by atoms with Gasteiger partial charge in [0.15, 0.2) is 0 Å². The minimum absolute atomic E-state index is 0.152. The molecule has 0 atom stereocenters. The molecule has 15 heavy (non-hydrogen) atoms. The van der Waals surface area contributed by atoms with Crippen LogP contribution in [0.3, 0.4) is 0 Å². The van der Waals surface area contributed by atoms with Crippen LogP contribution in [-0.4, -0.2) is 37.0 Å². The van der Waals surface area contributed by atoms with Gasteiger partial charge in [-0.3, -0.25) is 4.79 Å². The molecule has 0 rings (SSSR count). The number of hydrogen-bond donors (Lipinski definition) is 0. The van der Waals surface area contributed by atoms with Crippen molar-refractivity contribution in [3.63, 3.8) is 0 Å². The van der Waals surface area contributed by atoms with Gasteiger partial charge in [-0.15, -0.1) is 0 Å². The van der Waals surface area contributed by atoms with Crippen molar-refractivity contribution in [2.45, 2.75) is 13.8 Å². The lowest BCUT2D eigenvalue weighted by Gasteiger charge is -2.16. The van der Waals surface area contributed by atoms with E-state index in [1.165, 1.54) is 4.90 Å². The topological polar surface area (TPSA) is 46.6 Å². The lowest BCUT2D eigenvalue weighted by Crippen LogP contribution is -2.31. The predicted molar refractivity (Wildman–Crippen MR) is 58.2 cm³/mol. The Kier molecular flexibility index (Phi) is 5.37. The summed E-state index contributed by atoms with van der Waals surface area (Å²) >= 11 is 0. The molecule has 0 N–H and O–H groups in total. The van der Waals surface area contributed by atoms with Crippen LogP contribution in [0.1, 0.15) is 13.8 Å². The quantitative estimate of drug-likeness (QED) is 0.506. The van der Waals surface area contributed by atoms with Crippen molar-refractivity contribution in [2.75, 3.05) is 20.2 Å². The molecule has 0 bridgehead atoms. The Hall–Kier alpha value is -1.58. The highest BCUT2D eigenvalue weighted by molar-refractivity contribution is 5.92. The Morgan fingerprint density at radius 1 is 1.20 bits per heavy atom. The number of carbonyl (C=O) groups is 2. The van der Waals surface area contributed by atoms with Crippen molar-refractivity contribution in [3.8, 4) is 0 Å². The second-order valence-corrected chi connectivity index (χ2v) is 3.42. The number of nitrogens with zero attached hydrogens (tertiary/aromatic N) is 1. The summed E-state index contributed by atoms with van der Waals surface area (Å²) in [4.78, 5) is 23.8. The molecule has 0 aromatic rings. The third-order valence-electron chi connectivity index (χ3n) is 1.72. The van der Waals surface area contributed by atoms with Gasteiger partial charge in [0.25, 0.3) is 0 Å². The van der Waals surface area contributed by atoms with Gasteiger partial charge in [-0.05, 0) is 13.8 Å². The van der Waals surface area contributed by atoms with Crippen LogP contribution in [0.5, 0.6) is 0 Å². The normalized spacial score (nSPS) is 9.27. The molecule has 0 spiro atoms. The van der Waals surface area contributed by atoms with E-state index in [0.29, 0.717) is 17.7 Å². The number of esters is 1. The summed E-state index contributed by atoms with van der Waals surface area (Å²) in [6.07, 6.45) is 0. The monoisotopic (exact) mass is 211 g/mol. The highest BCUT2D eigenvalue weighted by Crippen LogP contribution is 1.97. The largest absolute Gasteiger partial charge is 0.460 e. The van der Waals surface area contributed by atoms with Gasteiger partial charge in [-0.1, -0.05) is 13.2 Å². The van der Waals surface area contributed by atoms with Gasteiger partial charge < -0.3 is 9.64 Å². The van der Waals surface area contributed by atoms with Crippen molar-refractivity contribution in [1.82, 2.24) is 4.90 Å².